The van der Waals surface area contributed by atoms with Crippen LogP contribution in [0.5, 0.6) is 5.75 Å². The predicted molar refractivity (Wildman–Crippen MR) is 66.9 cm³/mol. The zero-order valence-electron chi connectivity index (χ0n) is 9.76. The number of hydrogen-bond donors (Lipinski definition) is 1. The Morgan fingerprint density at radius 1 is 1.12 bits per heavy atom. The number of ether oxygens (including phenoxy) is 1. The Kier molecular flexibility index (Phi) is 4.05. The topological polar surface area (TPSA) is 47.0 Å². The van der Waals surface area contributed by atoms with E-state index < -0.39 is 0 Å². The molecule has 4 heteroatoms. The third-order valence-corrected chi connectivity index (χ3v) is 2.28. The molecule has 0 aliphatic heterocycles. The van der Waals surface area contributed by atoms with Crippen molar-refractivity contribution in [2.75, 3.05) is 20.2 Å². The van der Waals surface area contributed by atoms with Gasteiger partial charge in [-0.25, -0.2) is 9.97 Å². The van der Waals surface area contributed by atoms with Crippen LogP contribution in [-0.4, -0.2) is 30.2 Å². The molecule has 0 radical (unpaired) electrons. The fourth-order valence-electron chi connectivity index (χ4n) is 1.40. The quantitative estimate of drug-likeness (QED) is 0.793. The number of hydrogen-bond acceptors (Lipinski definition) is 4. The Morgan fingerprint density at radius 3 is 2.47 bits per heavy atom. The fraction of sp³-hybridized carbons (Fsp3) is 0.231. The van der Waals surface area contributed by atoms with Gasteiger partial charge in [-0.15, -0.1) is 0 Å². The van der Waals surface area contributed by atoms with Crippen molar-refractivity contribution in [1.29, 1.82) is 0 Å². The van der Waals surface area contributed by atoms with Crippen LogP contribution in [-0.2, 0) is 0 Å². The van der Waals surface area contributed by atoms with E-state index in [0.717, 1.165) is 12.1 Å². The summed E-state index contributed by atoms with van der Waals surface area (Å²) in [7, 11) is 1.89. The van der Waals surface area contributed by atoms with E-state index in [2.05, 4.69) is 15.3 Å². The zero-order valence-corrected chi connectivity index (χ0v) is 9.76. The molecule has 2 rings (SSSR count). The molecule has 0 spiro atoms. The van der Waals surface area contributed by atoms with Gasteiger partial charge in [0.05, 0.1) is 12.4 Å². The lowest BCUT2D eigenvalue weighted by Gasteiger charge is -2.05. The summed E-state index contributed by atoms with van der Waals surface area (Å²) in [6, 6.07) is 9.87. The molecule has 0 aliphatic carbocycles. The van der Waals surface area contributed by atoms with Gasteiger partial charge in [-0.05, 0) is 7.05 Å². The largest absolute Gasteiger partial charge is 0.489 e. The lowest BCUT2D eigenvalue weighted by molar-refractivity contribution is 0.316. The normalized spacial score (nSPS) is 10.2. The molecule has 0 unspecified atom stereocenters. The van der Waals surface area contributed by atoms with Gasteiger partial charge in [-0.2, -0.15) is 0 Å². The molecule has 1 aromatic carbocycles. The summed E-state index contributed by atoms with van der Waals surface area (Å²) in [5.41, 5.74) is 1.01. The Labute approximate surface area is 101 Å². The number of likely N-dealkylation sites (N-methyl/N-ethyl adjacent to an activating group) is 1. The van der Waals surface area contributed by atoms with Gasteiger partial charge in [-0.1, -0.05) is 30.3 Å². The molecular weight excluding hydrogens is 214 g/mol. The number of nitrogens with one attached hydrogen (secondary N) is 1. The highest BCUT2D eigenvalue weighted by atomic mass is 16.5. The van der Waals surface area contributed by atoms with E-state index in [1.54, 1.807) is 12.4 Å². The molecule has 1 aromatic heterocycles. The maximum atomic E-state index is 5.45. The van der Waals surface area contributed by atoms with E-state index in [4.69, 9.17) is 4.74 Å². The molecule has 88 valence electrons. The standard InChI is InChI=1S/C13H15N3O/c1-14-7-8-17-12-9-15-13(16-10-12)11-5-3-2-4-6-11/h2-6,9-10,14H,7-8H2,1H3. The summed E-state index contributed by atoms with van der Waals surface area (Å²) < 4.78 is 5.45. The first-order valence-corrected chi connectivity index (χ1v) is 5.55. The molecule has 1 heterocycles. The minimum absolute atomic E-state index is 0.616. The molecule has 0 amide bonds. The van der Waals surface area contributed by atoms with E-state index in [0.29, 0.717) is 18.2 Å². The SMILES string of the molecule is CNCCOc1cnc(-c2ccccc2)nc1. The van der Waals surface area contributed by atoms with Crippen LogP contribution >= 0.6 is 0 Å². The van der Waals surface area contributed by atoms with Gasteiger partial charge in [0.1, 0.15) is 6.61 Å². The smallest absolute Gasteiger partial charge is 0.159 e. The molecule has 1 N–H and O–H groups in total. The molecule has 17 heavy (non-hydrogen) atoms. The molecule has 0 fully saturated rings. The van der Waals surface area contributed by atoms with Crippen molar-refractivity contribution in [3.63, 3.8) is 0 Å². The van der Waals surface area contributed by atoms with Crippen molar-refractivity contribution >= 4 is 0 Å². The van der Waals surface area contributed by atoms with Gasteiger partial charge in [-0.3, -0.25) is 0 Å². The number of nitrogens with zero attached hydrogens (tertiary/aromatic N) is 2. The maximum Gasteiger partial charge on any atom is 0.159 e. The summed E-state index contributed by atoms with van der Waals surface area (Å²) in [6.07, 6.45) is 3.40. The first-order chi connectivity index (χ1) is 8.40. The van der Waals surface area contributed by atoms with E-state index in [1.807, 2.05) is 37.4 Å². The molecule has 2 aromatic rings. The van der Waals surface area contributed by atoms with Gasteiger partial charge in [0, 0.05) is 12.1 Å². The van der Waals surface area contributed by atoms with E-state index in [9.17, 15) is 0 Å². The molecule has 0 saturated carbocycles. The Hall–Kier alpha value is -1.94. The van der Waals surface area contributed by atoms with Gasteiger partial charge >= 0.3 is 0 Å². The Balaban J connectivity index is 2.03. The van der Waals surface area contributed by atoms with Gasteiger partial charge in [0.2, 0.25) is 0 Å². The van der Waals surface area contributed by atoms with Crippen LogP contribution in [0.4, 0.5) is 0 Å². The van der Waals surface area contributed by atoms with Crippen LogP contribution in [0.3, 0.4) is 0 Å². The Bertz CT molecular complexity index is 442. The van der Waals surface area contributed by atoms with Gasteiger partial charge in [0.25, 0.3) is 0 Å². The second kappa shape index (κ2) is 5.96. The van der Waals surface area contributed by atoms with Gasteiger partial charge in [0.15, 0.2) is 11.6 Å². The van der Waals surface area contributed by atoms with Crippen LogP contribution in [0.1, 0.15) is 0 Å². The summed E-state index contributed by atoms with van der Waals surface area (Å²) in [6.45, 7) is 1.42. The summed E-state index contributed by atoms with van der Waals surface area (Å²) >= 11 is 0. The summed E-state index contributed by atoms with van der Waals surface area (Å²) in [4.78, 5) is 8.54. The predicted octanol–water partition coefficient (Wildman–Crippen LogP) is 1.74. The third kappa shape index (κ3) is 3.26. The molecule has 4 nitrogen and oxygen atoms in total. The first-order valence-electron chi connectivity index (χ1n) is 5.55. The second-order valence-corrected chi connectivity index (χ2v) is 3.56. The maximum absolute atomic E-state index is 5.45. The molecular formula is C13H15N3O. The van der Waals surface area contributed by atoms with Crippen LogP contribution < -0.4 is 10.1 Å². The number of rotatable bonds is 5. The average molecular weight is 229 g/mol. The Morgan fingerprint density at radius 2 is 1.82 bits per heavy atom. The van der Waals surface area contributed by atoms with E-state index >= 15 is 0 Å². The average Bonchev–Trinajstić information content (AvgIpc) is 2.41. The zero-order chi connectivity index (χ0) is 11.9. The molecule has 0 bridgehead atoms. The van der Waals surface area contributed by atoms with Crippen LogP contribution in [0.2, 0.25) is 0 Å². The lowest BCUT2D eigenvalue weighted by atomic mass is 10.2. The van der Waals surface area contributed by atoms with E-state index in [-0.39, 0.29) is 0 Å². The van der Waals surface area contributed by atoms with Crippen LogP contribution in [0.25, 0.3) is 11.4 Å². The third-order valence-electron chi connectivity index (χ3n) is 2.28. The first kappa shape index (κ1) is 11.5. The highest BCUT2D eigenvalue weighted by Gasteiger charge is 2.00. The van der Waals surface area contributed by atoms with Gasteiger partial charge < -0.3 is 10.1 Å². The van der Waals surface area contributed by atoms with E-state index in [1.165, 1.54) is 0 Å². The highest BCUT2D eigenvalue weighted by molar-refractivity contribution is 5.54. The number of aromatic nitrogens is 2. The van der Waals surface area contributed by atoms with Crippen LogP contribution in [0.15, 0.2) is 42.7 Å². The fourth-order valence-corrected chi connectivity index (χ4v) is 1.40. The summed E-state index contributed by atoms with van der Waals surface area (Å²) in [5, 5.41) is 3.01. The molecule has 0 atom stereocenters. The summed E-state index contributed by atoms with van der Waals surface area (Å²) in [5.74, 6) is 1.41. The monoisotopic (exact) mass is 229 g/mol. The van der Waals surface area contributed by atoms with Crippen molar-refractivity contribution in [3.05, 3.63) is 42.7 Å². The minimum atomic E-state index is 0.616. The highest BCUT2D eigenvalue weighted by Crippen LogP contribution is 2.15. The second-order valence-electron chi connectivity index (χ2n) is 3.56. The van der Waals surface area contributed by atoms with Crippen molar-refractivity contribution < 1.29 is 4.74 Å². The molecule has 0 saturated heterocycles. The number of benzene rings is 1. The van der Waals surface area contributed by atoms with Crippen LogP contribution in [0, 0.1) is 0 Å². The van der Waals surface area contributed by atoms with Crippen molar-refractivity contribution in [2.45, 2.75) is 0 Å². The lowest BCUT2D eigenvalue weighted by Crippen LogP contribution is -2.16. The van der Waals surface area contributed by atoms with Crippen molar-refractivity contribution in [3.8, 4) is 17.1 Å². The van der Waals surface area contributed by atoms with Crippen molar-refractivity contribution in [2.24, 2.45) is 0 Å². The van der Waals surface area contributed by atoms with Crippen molar-refractivity contribution in [1.82, 2.24) is 15.3 Å². The molecule has 0 aliphatic rings. The minimum Gasteiger partial charge on any atom is -0.489 e.